The summed E-state index contributed by atoms with van der Waals surface area (Å²) in [6.45, 7) is 3.64. The summed E-state index contributed by atoms with van der Waals surface area (Å²) in [6, 6.07) is 3.44. The predicted octanol–water partition coefficient (Wildman–Crippen LogP) is 1.82. The molecule has 0 atom stereocenters. The molecule has 0 aliphatic heterocycles. The van der Waals surface area contributed by atoms with Crippen LogP contribution in [0.25, 0.3) is 5.65 Å². The topological polar surface area (TPSA) is 103 Å². The SMILES string of the molecule is COc1c(C(C)C)nn(CC(=O)Nc2ccc3nncn3c2)c(=O)c1Br. The quantitative estimate of drug-likeness (QED) is 0.674. The van der Waals surface area contributed by atoms with Gasteiger partial charge < -0.3 is 10.1 Å². The summed E-state index contributed by atoms with van der Waals surface area (Å²) in [7, 11) is 1.48. The summed E-state index contributed by atoms with van der Waals surface area (Å²) in [4.78, 5) is 24.8. The van der Waals surface area contributed by atoms with Crippen molar-refractivity contribution in [2.24, 2.45) is 0 Å². The molecule has 0 saturated heterocycles. The van der Waals surface area contributed by atoms with E-state index in [0.29, 0.717) is 22.8 Å². The molecule has 0 bridgehead atoms. The Morgan fingerprint density at radius 2 is 2.15 bits per heavy atom. The number of nitrogens with zero attached hydrogens (tertiary/aromatic N) is 5. The van der Waals surface area contributed by atoms with Crippen LogP contribution in [0.4, 0.5) is 5.69 Å². The maximum absolute atomic E-state index is 12.4. The van der Waals surface area contributed by atoms with Crippen molar-refractivity contribution in [1.82, 2.24) is 24.4 Å². The van der Waals surface area contributed by atoms with E-state index in [1.807, 2.05) is 13.8 Å². The first-order valence-corrected chi connectivity index (χ1v) is 8.63. The third-order valence-corrected chi connectivity index (χ3v) is 4.40. The Hall–Kier alpha value is -2.75. The van der Waals surface area contributed by atoms with Crippen LogP contribution >= 0.6 is 15.9 Å². The lowest BCUT2D eigenvalue weighted by molar-refractivity contribution is -0.117. The Bertz CT molecular complexity index is 1030. The highest BCUT2D eigenvalue weighted by Crippen LogP contribution is 2.29. The monoisotopic (exact) mass is 420 g/mol. The van der Waals surface area contributed by atoms with Gasteiger partial charge in [0.2, 0.25) is 5.91 Å². The van der Waals surface area contributed by atoms with Crippen LogP contribution in [0.1, 0.15) is 25.5 Å². The number of amides is 1. The number of pyridine rings is 1. The van der Waals surface area contributed by atoms with Crippen LogP contribution in [0, 0.1) is 0 Å². The summed E-state index contributed by atoms with van der Waals surface area (Å²) in [5, 5.41) is 14.7. The molecule has 0 saturated carbocycles. The first-order chi connectivity index (χ1) is 12.4. The molecular formula is C16H17BrN6O3. The summed E-state index contributed by atoms with van der Waals surface area (Å²) in [6.07, 6.45) is 3.22. The summed E-state index contributed by atoms with van der Waals surface area (Å²) in [5.41, 5.74) is 1.39. The van der Waals surface area contributed by atoms with E-state index in [1.165, 1.54) is 13.4 Å². The third kappa shape index (κ3) is 3.45. The fraction of sp³-hybridized carbons (Fsp3) is 0.312. The van der Waals surface area contributed by atoms with Crippen molar-refractivity contribution in [2.75, 3.05) is 12.4 Å². The van der Waals surface area contributed by atoms with Crippen LogP contribution in [0.3, 0.4) is 0 Å². The maximum atomic E-state index is 12.4. The van der Waals surface area contributed by atoms with Crippen molar-refractivity contribution in [3.8, 4) is 5.75 Å². The number of carbonyl (C=O) groups excluding carboxylic acids is 1. The zero-order valence-electron chi connectivity index (χ0n) is 14.4. The van der Waals surface area contributed by atoms with Gasteiger partial charge in [0.1, 0.15) is 23.0 Å². The number of fused-ring (bicyclic) bond motifs is 1. The Morgan fingerprint density at radius 3 is 2.85 bits per heavy atom. The van der Waals surface area contributed by atoms with Crippen LogP contribution in [-0.2, 0) is 11.3 Å². The fourth-order valence-corrected chi connectivity index (χ4v) is 3.03. The standard InChI is InChI=1S/C16H17BrN6O3/c1-9(2)14-15(26-3)13(17)16(25)23(21-14)7-12(24)19-10-4-5-11-20-18-8-22(11)6-10/h4-6,8-9H,7H2,1-3H3,(H,19,24). The van der Waals surface area contributed by atoms with E-state index < -0.39 is 5.56 Å². The minimum absolute atomic E-state index is 0.0207. The highest BCUT2D eigenvalue weighted by Gasteiger charge is 2.19. The lowest BCUT2D eigenvalue weighted by Gasteiger charge is -2.15. The molecule has 1 amide bonds. The molecule has 9 nitrogen and oxygen atoms in total. The molecular weight excluding hydrogens is 404 g/mol. The molecule has 26 heavy (non-hydrogen) atoms. The number of nitrogens with one attached hydrogen (secondary N) is 1. The third-order valence-electron chi connectivity index (χ3n) is 3.70. The van der Waals surface area contributed by atoms with Gasteiger partial charge in [0.05, 0.1) is 12.8 Å². The molecule has 1 N–H and O–H groups in total. The highest BCUT2D eigenvalue weighted by molar-refractivity contribution is 9.10. The Morgan fingerprint density at radius 1 is 1.38 bits per heavy atom. The van der Waals surface area contributed by atoms with Crippen LogP contribution in [0.2, 0.25) is 0 Å². The van der Waals surface area contributed by atoms with E-state index in [0.717, 1.165) is 4.68 Å². The smallest absolute Gasteiger partial charge is 0.285 e. The number of ether oxygens (including phenoxy) is 1. The minimum Gasteiger partial charge on any atom is -0.493 e. The van der Waals surface area contributed by atoms with Crippen LogP contribution in [-0.4, -0.2) is 37.4 Å². The number of aromatic nitrogens is 5. The number of halogens is 1. The van der Waals surface area contributed by atoms with Crippen LogP contribution in [0.5, 0.6) is 5.75 Å². The normalized spacial score (nSPS) is 11.1. The lowest BCUT2D eigenvalue weighted by atomic mass is 10.1. The van der Waals surface area contributed by atoms with Gasteiger partial charge in [-0.15, -0.1) is 10.2 Å². The molecule has 3 aromatic heterocycles. The molecule has 0 aliphatic carbocycles. The molecule has 3 aromatic rings. The zero-order valence-corrected chi connectivity index (χ0v) is 16.0. The Labute approximate surface area is 157 Å². The largest absolute Gasteiger partial charge is 0.493 e. The molecule has 3 heterocycles. The van der Waals surface area contributed by atoms with E-state index in [2.05, 4.69) is 36.5 Å². The molecule has 10 heteroatoms. The average Bonchev–Trinajstić information content (AvgIpc) is 3.06. The number of hydrogen-bond acceptors (Lipinski definition) is 6. The van der Waals surface area contributed by atoms with Crippen molar-refractivity contribution >= 4 is 33.2 Å². The second kappa shape index (κ2) is 7.24. The molecule has 0 spiro atoms. The van der Waals surface area contributed by atoms with Gasteiger partial charge in [-0.05, 0) is 28.1 Å². The van der Waals surface area contributed by atoms with Gasteiger partial charge in [-0.2, -0.15) is 5.10 Å². The molecule has 0 aromatic carbocycles. The zero-order chi connectivity index (χ0) is 18.8. The molecule has 0 aliphatic rings. The first kappa shape index (κ1) is 18.1. The van der Waals surface area contributed by atoms with E-state index in [4.69, 9.17) is 4.74 Å². The van der Waals surface area contributed by atoms with Gasteiger partial charge in [0.15, 0.2) is 11.4 Å². The van der Waals surface area contributed by atoms with Gasteiger partial charge in [0.25, 0.3) is 5.56 Å². The lowest BCUT2D eigenvalue weighted by Crippen LogP contribution is -2.31. The van der Waals surface area contributed by atoms with Gasteiger partial charge in [0, 0.05) is 12.1 Å². The number of hydrogen-bond donors (Lipinski definition) is 1. The Kier molecular flexibility index (Phi) is 5.03. The molecule has 136 valence electrons. The predicted molar refractivity (Wildman–Crippen MR) is 98.5 cm³/mol. The van der Waals surface area contributed by atoms with Crippen LogP contribution < -0.4 is 15.6 Å². The van der Waals surface area contributed by atoms with E-state index in [-0.39, 0.29) is 22.8 Å². The maximum Gasteiger partial charge on any atom is 0.285 e. The number of methoxy groups -OCH3 is 1. The van der Waals surface area contributed by atoms with Gasteiger partial charge in [-0.1, -0.05) is 13.8 Å². The average molecular weight is 421 g/mol. The highest BCUT2D eigenvalue weighted by atomic mass is 79.9. The van der Waals surface area contributed by atoms with E-state index >= 15 is 0 Å². The fourth-order valence-electron chi connectivity index (χ4n) is 2.46. The van der Waals surface area contributed by atoms with Crippen molar-refractivity contribution < 1.29 is 9.53 Å². The van der Waals surface area contributed by atoms with E-state index in [1.54, 1.807) is 22.7 Å². The number of rotatable bonds is 5. The molecule has 0 unspecified atom stereocenters. The Balaban J connectivity index is 1.85. The van der Waals surface area contributed by atoms with Crippen molar-refractivity contribution in [1.29, 1.82) is 0 Å². The van der Waals surface area contributed by atoms with Crippen molar-refractivity contribution in [3.63, 3.8) is 0 Å². The number of carbonyl (C=O) groups is 1. The second-order valence-electron chi connectivity index (χ2n) is 5.91. The van der Waals surface area contributed by atoms with E-state index in [9.17, 15) is 9.59 Å². The van der Waals surface area contributed by atoms with Gasteiger partial charge in [-0.25, -0.2) is 4.68 Å². The first-order valence-electron chi connectivity index (χ1n) is 7.84. The van der Waals surface area contributed by atoms with Crippen molar-refractivity contribution in [3.05, 3.63) is 45.2 Å². The van der Waals surface area contributed by atoms with Crippen LogP contribution in [0.15, 0.2) is 33.9 Å². The second-order valence-corrected chi connectivity index (χ2v) is 6.71. The van der Waals surface area contributed by atoms with Gasteiger partial charge >= 0.3 is 0 Å². The van der Waals surface area contributed by atoms with Gasteiger partial charge in [-0.3, -0.25) is 14.0 Å². The van der Waals surface area contributed by atoms with Crippen molar-refractivity contribution in [2.45, 2.75) is 26.3 Å². The molecule has 3 rings (SSSR count). The summed E-state index contributed by atoms with van der Waals surface area (Å²) < 4.78 is 8.32. The molecule has 0 radical (unpaired) electrons. The summed E-state index contributed by atoms with van der Waals surface area (Å²) in [5.74, 6) is 0.0332. The minimum atomic E-state index is -0.435. The number of anilines is 1. The molecule has 0 fully saturated rings. The summed E-state index contributed by atoms with van der Waals surface area (Å²) >= 11 is 3.24.